The molecule has 2 aromatic carbocycles. The molecule has 2 aromatic heterocycles. The van der Waals surface area contributed by atoms with Gasteiger partial charge in [0.05, 0.1) is 10.9 Å². The molecule has 0 saturated carbocycles. The Morgan fingerprint density at radius 3 is 2.72 bits per heavy atom. The van der Waals surface area contributed by atoms with E-state index in [1.54, 1.807) is 16.8 Å². The summed E-state index contributed by atoms with van der Waals surface area (Å²) in [6.07, 6.45) is 5.87. The Labute approximate surface area is 169 Å². The molecular weight excluding hydrogens is 358 g/mol. The first-order chi connectivity index (χ1) is 14.2. The van der Waals surface area contributed by atoms with Crippen LogP contribution in [0.4, 0.5) is 0 Å². The molecule has 4 rings (SSSR count). The number of rotatable bonds is 6. The first-order valence-corrected chi connectivity index (χ1v) is 9.46. The van der Waals surface area contributed by atoms with Crippen LogP contribution in [0, 0.1) is 0 Å². The van der Waals surface area contributed by atoms with E-state index in [1.165, 1.54) is 0 Å². The molecule has 0 saturated heterocycles. The van der Waals surface area contributed by atoms with E-state index in [1.807, 2.05) is 60.8 Å². The zero-order valence-corrected chi connectivity index (χ0v) is 16.1. The van der Waals surface area contributed by atoms with Crippen LogP contribution in [0.3, 0.4) is 0 Å². The lowest BCUT2D eigenvalue weighted by Crippen LogP contribution is -2.21. The molecule has 0 aliphatic carbocycles. The third-order valence-electron chi connectivity index (χ3n) is 5.00. The number of allylic oxidation sites excluding steroid dienone is 2. The molecule has 0 spiro atoms. The molecule has 0 aliphatic rings. The molecule has 4 heteroatoms. The molecule has 0 fully saturated rings. The molecule has 2 heterocycles. The summed E-state index contributed by atoms with van der Waals surface area (Å²) < 4.78 is 1.74. The number of nitrogens with zero attached hydrogens (tertiary/aromatic N) is 3. The van der Waals surface area contributed by atoms with Gasteiger partial charge in [-0.3, -0.25) is 14.8 Å². The van der Waals surface area contributed by atoms with E-state index in [0.717, 1.165) is 33.1 Å². The van der Waals surface area contributed by atoms with Gasteiger partial charge in [0.2, 0.25) is 0 Å². The minimum atomic E-state index is -0.0278. The number of hydrogen-bond donors (Lipinski definition) is 0. The first kappa shape index (κ1) is 18.6. The standard InChI is InChI=1S/C25H21N3O/c1-18(12-15-26-2)22-8-5-7-20-13-16-28(25(29)24(20)22)17-14-21-11-10-19-6-3-4-9-23(19)27-21/h3-13,15-16H,1-2,14,17H2/b15-12-. The second-order valence-corrected chi connectivity index (χ2v) is 6.85. The molecule has 29 heavy (non-hydrogen) atoms. The first-order valence-electron chi connectivity index (χ1n) is 9.46. The molecule has 0 amide bonds. The average Bonchev–Trinajstić information content (AvgIpc) is 2.76. The van der Waals surface area contributed by atoms with Crippen LogP contribution in [0.1, 0.15) is 11.3 Å². The Bertz CT molecular complexity index is 1310. The Morgan fingerprint density at radius 2 is 1.86 bits per heavy atom. The quantitative estimate of drug-likeness (QED) is 0.349. The summed E-state index contributed by atoms with van der Waals surface area (Å²) in [6.45, 7) is 8.08. The van der Waals surface area contributed by atoms with Crippen LogP contribution in [0.15, 0.2) is 95.5 Å². The summed E-state index contributed by atoms with van der Waals surface area (Å²) in [7, 11) is 0. The van der Waals surface area contributed by atoms with E-state index in [4.69, 9.17) is 4.98 Å². The van der Waals surface area contributed by atoms with Crippen LogP contribution in [-0.2, 0) is 13.0 Å². The van der Waals surface area contributed by atoms with Crippen LogP contribution in [0.5, 0.6) is 0 Å². The summed E-state index contributed by atoms with van der Waals surface area (Å²) in [5.74, 6) is 0. The number of aryl methyl sites for hydroxylation is 2. The number of benzene rings is 2. The zero-order valence-electron chi connectivity index (χ0n) is 16.1. The van der Waals surface area contributed by atoms with Crippen LogP contribution in [-0.4, -0.2) is 16.3 Å². The van der Waals surface area contributed by atoms with Crippen LogP contribution in [0.25, 0.3) is 27.2 Å². The van der Waals surface area contributed by atoms with Crippen molar-refractivity contribution in [2.75, 3.05) is 0 Å². The highest BCUT2D eigenvalue weighted by Gasteiger charge is 2.09. The zero-order chi connectivity index (χ0) is 20.2. The van der Waals surface area contributed by atoms with Crippen molar-refractivity contribution in [2.45, 2.75) is 13.0 Å². The molecule has 0 unspecified atom stereocenters. The van der Waals surface area contributed by atoms with Gasteiger partial charge in [-0.25, -0.2) is 0 Å². The summed E-state index contributed by atoms with van der Waals surface area (Å²) >= 11 is 0. The van der Waals surface area contributed by atoms with Crippen molar-refractivity contribution < 1.29 is 0 Å². The van der Waals surface area contributed by atoms with E-state index in [0.29, 0.717) is 18.4 Å². The van der Waals surface area contributed by atoms with Crippen molar-refractivity contribution in [3.63, 3.8) is 0 Å². The van der Waals surface area contributed by atoms with Crippen LogP contribution < -0.4 is 5.56 Å². The van der Waals surface area contributed by atoms with Gasteiger partial charge in [0.15, 0.2) is 0 Å². The van der Waals surface area contributed by atoms with E-state index in [9.17, 15) is 4.79 Å². The van der Waals surface area contributed by atoms with E-state index < -0.39 is 0 Å². The highest BCUT2D eigenvalue weighted by atomic mass is 16.1. The monoisotopic (exact) mass is 379 g/mol. The maximum atomic E-state index is 13.2. The number of fused-ring (bicyclic) bond motifs is 2. The molecule has 142 valence electrons. The summed E-state index contributed by atoms with van der Waals surface area (Å²) in [4.78, 5) is 21.6. The van der Waals surface area contributed by atoms with Gasteiger partial charge in [-0.2, -0.15) is 0 Å². The average molecular weight is 379 g/mol. The molecule has 0 bridgehead atoms. The van der Waals surface area contributed by atoms with E-state index in [2.05, 4.69) is 24.4 Å². The molecule has 0 aliphatic heterocycles. The third kappa shape index (κ3) is 3.78. The second-order valence-electron chi connectivity index (χ2n) is 6.85. The highest BCUT2D eigenvalue weighted by Crippen LogP contribution is 2.22. The maximum Gasteiger partial charge on any atom is 0.259 e. The molecular formula is C25H21N3O. The van der Waals surface area contributed by atoms with Gasteiger partial charge in [-0.1, -0.05) is 49.0 Å². The predicted molar refractivity (Wildman–Crippen MR) is 121 cm³/mol. The fraction of sp³-hybridized carbons (Fsp3) is 0.0800. The molecule has 0 radical (unpaired) electrons. The van der Waals surface area contributed by atoms with Crippen LogP contribution in [0.2, 0.25) is 0 Å². The number of aromatic nitrogens is 2. The van der Waals surface area contributed by atoms with E-state index in [-0.39, 0.29) is 5.56 Å². The van der Waals surface area contributed by atoms with Crippen molar-refractivity contribution in [3.8, 4) is 0 Å². The molecule has 4 nitrogen and oxygen atoms in total. The normalized spacial score (nSPS) is 11.3. The molecule has 0 N–H and O–H groups in total. The lowest BCUT2D eigenvalue weighted by atomic mass is 10.0. The Morgan fingerprint density at radius 1 is 1.03 bits per heavy atom. The second kappa shape index (κ2) is 8.07. The fourth-order valence-electron chi connectivity index (χ4n) is 3.49. The number of pyridine rings is 2. The summed E-state index contributed by atoms with van der Waals surface area (Å²) in [6, 6.07) is 19.9. The van der Waals surface area contributed by atoms with Gasteiger partial charge in [0.1, 0.15) is 0 Å². The highest BCUT2D eigenvalue weighted by molar-refractivity contribution is 5.94. The Kier molecular flexibility index (Phi) is 5.16. The third-order valence-corrected chi connectivity index (χ3v) is 5.00. The number of para-hydroxylation sites is 1. The minimum absolute atomic E-state index is 0.0278. The Balaban J connectivity index is 1.67. The van der Waals surface area contributed by atoms with Gasteiger partial charge < -0.3 is 4.57 Å². The number of aliphatic imine (C=N–C) groups is 1. The van der Waals surface area contributed by atoms with Gasteiger partial charge in [0, 0.05) is 36.4 Å². The lowest BCUT2D eigenvalue weighted by molar-refractivity contribution is 0.667. The largest absolute Gasteiger partial charge is 0.315 e. The van der Waals surface area contributed by atoms with E-state index >= 15 is 0 Å². The van der Waals surface area contributed by atoms with Gasteiger partial charge in [-0.05, 0) is 47.5 Å². The maximum absolute atomic E-state index is 13.2. The van der Waals surface area contributed by atoms with Crippen molar-refractivity contribution in [3.05, 3.63) is 107 Å². The SMILES string of the molecule is C=N/C=C\C(=C)c1cccc2ccn(CCc3ccc4ccccc4n3)c(=O)c12. The summed E-state index contributed by atoms with van der Waals surface area (Å²) in [5, 5.41) is 2.68. The van der Waals surface area contributed by atoms with Crippen molar-refractivity contribution in [1.82, 2.24) is 9.55 Å². The van der Waals surface area contributed by atoms with Gasteiger partial charge in [-0.15, -0.1) is 0 Å². The molecule has 4 aromatic rings. The van der Waals surface area contributed by atoms with Gasteiger partial charge in [0.25, 0.3) is 5.56 Å². The molecule has 0 atom stereocenters. The van der Waals surface area contributed by atoms with Crippen molar-refractivity contribution >= 4 is 34.0 Å². The lowest BCUT2D eigenvalue weighted by Gasteiger charge is -2.11. The topological polar surface area (TPSA) is 47.2 Å². The minimum Gasteiger partial charge on any atom is -0.315 e. The van der Waals surface area contributed by atoms with Crippen molar-refractivity contribution in [1.29, 1.82) is 0 Å². The predicted octanol–water partition coefficient (Wildman–Crippen LogP) is 5.02. The van der Waals surface area contributed by atoms with Crippen molar-refractivity contribution in [2.24, 2.45) is 4.99 Å². The van der Waals surface area contributed by atoms with Gasteiger partial charge >= 0.3 is 0 Å². The fourth-order valence-corrected chi connectivity index (χ4v) is 3.49. The van der Waals surface area contributed by atoms with Crippen LogP contribution >= 0.6 is 0 Å². The summed E-state index contributed by atoms with van der Waals surface area (Å²) in [5.41, 5.74) is 3.45. The number of hydrogen-bond acceptors (Lipinski definition) is 3. The smallest absolute Gasteiger partial charge is 0.259 e. The Hall–Kier alpha value is -3.79.